The molecule has 7 heteroatoms. The number of carbonyl (C=O) groups is 1. The molecule has 0 saturated heterocycles. The van der Waals surface area contributed by atoms with E-state index in [1.165, 1.54) is 11.8 Å². The van der Waals surface area contributed by atoms with Crippen LogP contribution in [-0.2, 0) is 4.79 Å². The van der Waals surface area contributed by atoms with Crippen LogP contribution in [0.5, 0.6) is 0 Å². The summed E-state index contributed by atoms with van der Waals surface area (Å²) in [6, 6.07) is 13.6. The van der Waals surface area contributed by atoms with Crippen molar-refractivity contribution in [3.8, 4) is 0 Å². The number of anilines is 1. The highest BCUT2D eigenvalue weighted by atomic mass is 35.5. The van der Waals surface area contributed by atoms with Crippen molar-refractivity contribution >= 4 is 46.7 Å². The van der Waals surface area contributed by atoms with Crippen LogP contribution in [0.2, 0.25) is 5.02 Å². The number of thioether (sulfide) groups is 2. The summed E-state index contributed by atoms with van der Waals surface area (Å²) in [5, 5.41) is 3.32. The lowest BCUT2D eigenvalue weighted by Crippen LogP contribution is -2.13. The number of hydrogen-bond donors (Lipinski definition) is 1. The minimum absolute atomic E-state index is 0.181. The Bertz CT molecular complexity index is 638. The van der Waals surface area contributed by atoms with Crippen LogP contribution in [0.15, 0.2) is 58.3 Å². The Hall–Kier alpha value is -1.24. The van der Waals surface area contributed by atoms with Gasteiger partial charge in [0.1, 0.15) is 0 Å². The number of halogens is 3. The first-order valence-corrected chi connectivity index (χ1v) is 8.51. The second-order valence-corrected chi connectivity index (χ2v) is 6.66. The zero-order valence-electron chi connectivity index (χ0n) is 11.3. The van der Waals surface area contributed by atoms with Crippen molar-refractivity contribution in [1.29, 1.82) is 0 Å². The van der Waals surface area contributed by atoms with Crippen LogP contribution in [0.25, 0.3) is 0 Å². The van der Waals surface area contributed by atoms with Gasteiger partial charge in [-0.05, 0) is 36.4 Å². The number of alkyl halides is 2. The number of carbonyl (C=O) groups excluding carboxylic acids is 1. The third kappa shape index (κ3) is 5.51. The molecular weight excluding hydrogens is 348 g/mol. The normalized spacial score (nSPS) is 10.7. The molecule has 0 unspecified atom stereocenters. The molecule has 1 amide bonds. The van der Waals surface area contributed by atoms with Crippen LogP contribution >= 0.6 is 35.1 Å². The van der Waals surface area contributed by atoms with Crippen molar-refractivity contribution in [2.24, 2.45) is 0 Å². The van der Waals surface area contributed by atoms with Crippen molar-refractivity contribution in [3.05, 3.63) is 53.6 Å². The van der Waals surface area contributed by atoms with E-state index in [2.05, 4.69) is 5.32 Å². The summed E-state index contributed by atoms with van der Waals surface area (Å²) in [6.07, 6.45) is 0. The van der Waals surface area contributed by atoms with Gasteiger partial charge in [0.25, 0.3) is 5.76 Å². The Balaban J connectivity index is 1.85. The van der Waals surface area contributed by atoms with Crippen LogP contribution in [0.3, 0.4) is 0 Å². The lowest BCUT2D eigenvalue weighted by Gasteiger charge is -2.07. The predicted octanol–water partition coefficient (Wildman–Crippen LogP) is 5.39. The van der Waals surface area contributed by atoms with Crippen molar-refractivity contribution in [1.82, 2.24) is 0 Å². The Morgan fingerprint density at radius 3 is 2.45 bits per heavy atom. The van der Waals surface area contributed by atoms with E-state index in [9.17, 15) is 13.6 Å². The van der Waals surface area contributed by atoms with E-state index in [0.717, 1.165) is 4.90 Å². The van der Waals surface area contributed by atoms with Crippen LogP contribution in [0.1, 0.15) is 0 Å². The van der Waals surface area contributed by atoms with Gasteiger partial charge >= 0.3 is 0 Å². The Morgan fingerprint density at radius 2 is 1.82 bits per heavy atom. The van der Waals surface area contributed by atoms with E-state index in [0.29, 0.717) is 27.4 Å². The molecule has 0 aromatic heterocycles. The van der Waals surface area contributed by atoms with E-state index in [4.69, 9.17) is 11.6 Å². The SMILES string of the molecule is O=C(CSc1ccccc1Cl)Nc1ccc(SC(F)F)cc1. The van der Waals surface area contributed by atoms with E-state index in [-0.39, 0.29) is 11.7 Å². The van der Waals surface area contributed by atoms with Crippen LogP contribution < -0.4 is 5.32 Å². The molecule has 0 radical (unpaired) electrons. The maximum atomic E-state index is 12.2. The third-order valence-electron chi connectivity index (χ3n) is 2.56. The summed E-state index contributed by atoms with van der Waals surface area (Å²) in [4.78, 5) is 13.2. The van der Waals surface area contributed by atoms with E-state index >= 15 is 0 Å². The van der Waals surface area contributed by atoms with E-state index < -0.39 is 5.76 Å². The largest absolute Gasteiger partial charge is 0.325 e. The summed E-state index contributed by atoms with van der Waals surface area (Å²) in [6.45, 7) is 0. The fourth-order valence-electron chi connectivity index (χ4n) is 1.62. The van der Waals surface area contributed by atoms with Crippen molar-refractivity contribution in [2.75, 3.05) is 11.1 Å². The standard InChI is InChI=1S/C15H12ClF2NOS2/c16-12-3-1-2-4-13(12)21-9-14(20)19-10-5-7-11(8-6-10)22-15(17)18/h1-8,15H,9H2,(H,19,20). The molecular formula is C15H12ClF2NOS2. The van der Waals surface area contributed by atoms with Gasteiger partial charge in [0.2, 0.25) is 5.91 Å². The van der Waals surface area contributed by atoms with Gasteiger partial charge < -0.3 is 5.32 Å². The van der Waals surface area contributed by atoms with Crippen molar-refractivity contribution in [2.45, 2.75) is 15.5 Å². The number of rotatable bonds is 6. The number of benzene rings is 2. The molecule has 0 heterocycles. The summed E-state index contributed by atoms with van der Waals surface area (Å²) in [7, 11) is 0. The molecule has 0 aliphatic rings. The molecule has 2 nitrogen and oxygen atoms in total. The highest BCUT2D eigenvalue weighted by Gasteiger charge is 2.07. The summed E-state index contributed by atoms with van der Waals surface area (Å²) in [5.74, 6) is -2.41. The highest BCUT2D eigenvalue weighted by Crippen LogP contribution is 2.27. The zero-order chi connectivity index (χ0) is 15.9. The van der Waals surface area contributed by atoms with Gasteiger partial charge in [-0.15, -0.1) is 11.8 Å². The first-order valence-electron chi connectivity index (χ1n) is 6.26. The lowest BCUT2D eigenvalue weighted by molar-refractivity contribution is -0.113. The number of nitrogens with one attached hydrogen (secondary N) is 1. The maximum Gasteiger partial charge on any atom is 0.288 e. The first-order chi connectivity index (χ1) is 10.5. The fourth-order valence-corrected chi connectivity index (χ4v) is 3.16. The minimum Gasteiger partial charge on any atom is -0.325 e. The molecule has 22 heavy (non-hydrogen) atoms. The van der Waals surface area contributed by atoms with E-state index in [1.807, 2.05) is 18.2 Å². The van der Waals surface area contributed by atoms with Crippen molar-refractivity contribution in [3.63, 3.8) is 0 Å². The maximum absolute atomic E-state index is 12.2. The smallest absolute Gasteiger partial charge is 0.288 e. The molecule has 0 atom stereocenters. The molecule has 2 aromatic rings. The fraction of sp³-hybridized carbons (Fsp3) is 0.133. The van der Waals surface area contributed by atoms with Crippen LogP contribution in [0, 0.1) is 0 Å². The summed E-state index contributed by atoms with van der Waals surface area (Å²) in [5.41, 5.74) is 0.573. The first kappa shape index (κ1) is 17.1. The zero-order valence-corrected chi connectivity index (χ0v) is 13.7. The Morgan fingerprint density at radius 1 is 1.14 bits per heavy atom. The van der Waals surface area contributed by atoms with Gasteiger partial charge in [-0.2, -0.15) is 8.78 Å². The third-order valence-corrected chi connectivity index (χ3v) is 4.80. The second-order valence-electron chi connectivity index (χ2n) is 4.17. The molecule has 2 aromatic carbocycles. The Kier molecular flexibility index (Phi) is 6.54. The average Bonchev–Trinajstić information content (AvgIpc) is 2.48. The van der Waals surface area contributed by atoms with Crippen molar-refractivity contribution < 1.29 is 13.6 Å². The minimum atomic E-state index is -2.45. The average molecular weight is 360 g/mol. The molecule has 0 saturated carbocycles. The molecule has 1 N–H and O–H groups in total. The van der Waals surface area contributed by atoms with Gasteiger partial charge in [-0.1, -0.05) is 35.5 Å². The van der Waals surface area contributed by atoms with Gasteiger partial charge in [0.15, 0.2) is 0 Å². The molecule has 116 valence electrons. The molecule has 0 spiro atoms. The highest BCUT2D eigenvalue weighted by molar-refractivity contribution is 8.00. The predicted molar refractivity (Wildman–Crippen MR) is 89.1 cm³/mol. The Labute approximate surface area is 140 Å². The van der Waals surface area contributed by atoms with Crippen LogP contribution in [0.4, 0.5) is 14.5 Å². The van der Waals surface area contributed by atoms with Gasteiger partial charge in [0, 0.05) is 15.5 Å². The lowest BCUT2D eigenvalue weighted by atomic mass is 10.3. The summed E-state index contributed by atoms with van der Waals surface area (Å²) < 4.78 is 24.4. The molecule has 0 fully saturated rings. The monoisotopic (exact) mass is 359 g/mol. The number of amides is 1. The topological polar surface area (TPSA) is 29.1 Å². The second kappa shape index (κ2) is 8.41. The molecule has 2 rings (SSSR count). The summed E-state index contributed by atoms with van der Waals surface area (Å²) >= 11 is 7.82. The van der Waals surface area contributed by atoms with Gasteiger partial charge in [-0.3, -0.25) is 4.79 Å². The molecule has 0 bridgehead atoms. The number of hydrogen-bond acceptors (Lipinski definition) is 3. The van der Waals surface area contributed by atoms with Crippen LogP contribution in [-0.4, -0.2) is 17.4 Å². The van der Waals surface area contributed by atoms with Gasteiger partial charge in [-0.25, -0.2) is 0 Å². The molecule has 0 aliphatic carbocycles. The van der Waals surface area contributed by atoms with Gasteiger partial charge in [0.05, 0.1) is 10.8 Å². The molecule has 0 aliphatic heterocycles. The van der Waals surface area contributed by atoms with E-state index in [1.54, 1.807) is 30.3 Å². The quantitative estimate of drug-likeness (QED) is 0.701.